The van der Waals surface area contributed by atoms with Gasteiger partial charge < -0.3 is 9.47 Å². The molecule has 1 aliphatic heterocycles. The quantitative estimate of drug-likeness (QED) is 0.729. The van der Waals surface area contributed by atoms with Crippen LogP contribution in [0.3, 0.4) is 0 Å². The van der Waals surface area contributed by atoms with Crippen LogP contribution in [0.2, 0.25) is 0 Å². The summed E-state index contributed by atoms with van der Waals surface area (Å²) in [6.07, 6.45) is 4.21. The third-order valence-electron chi connectivity index (χ3n) is 3.32. The summed E-state index contributed by atoms with van der Waals surface area (Å²) in [7, 11) is 0. The second-order valence-electron chi connectivity index (χ2n) is 4.48. The molecule has 1 aliphatic rings. The highest BCUT2D eigenvalue weighted by atomic mass is 16.2. The number of imidazole rings is 1. The summed E-state index contributed by atoms with van der Waals surface area (Å²) >= 11 is 0. The predicted octanol–water partition coefficient (Wildman–Crippen LogP) is 0.840. The van der Waals surface area contributed by atoms with Crippen LogP contribution in [-0.4, -0.2) is 32.7 Å². The number of fused-ring (bicyclic) bond motifs is 1. The largest absolute Gasteiger partial charge is 0.331 e. The van der Waals surface area contributed by atoms with E-state index < -0.39 is 0 Å². The monoisotopic (exact) mass is 235 g/mol. The Morgan fingerprint density at radius 2 is 2.24 bits per heavy atom. The second kappa shape index (κ2) is 4.69. The Morgan fingerprint density at radius 3 is 2.94 bits per heavy atom. The average Bonchev–Trinajstić information content (AvgIpc) is 2.83. The molecule has 1 aromatic rings. The minimum Gasteiger partial charge on any atom is -0.331 e. The van der Waals surface area contributed by atoms with E-state index in [0.29, 0.717) is 19.5 Å². The Labute approximate surface area is 100 Å². The zero-order valence-electron chi connectivity index (χ0n) is 10.2. The van der Waals surface area contributed by atoms with Crippen LogP contribution in [0.25, 0.3) is 0 Å². The van der Waals surface area contributed by atoms with Crippen molar-refractivity contribution in [3.63, 3.8) is 0 Å². The van der Waals surface area contributed by atoms with Crippen LogP contribution in [0.1, 0.15) is 26.0 Å². The predicted molar refractivity (Wildman–Crippen MR) is 62.1 cm³/mol. The molecule has 0 spiro atoms. The number of aromatic nitrogens is 2. The molecule has 1 amide bonds. The number of Topliss-reactive ketones (excluding diaryl/α,β-unsaturated/α-hetero) is 1. The van der Waals surface area contributed by atoms with Gasteiger partial charge in [0.25, 0.3) is 5.91 Å². The molecule has 5 heteroatoms. The molecule has 2 rings (SSSR count). The smallest absolute Gasteiger partial charge is 0.290 e. The maximum absolute atomic E-state index is 12.0. The van der Waals surface area contributed by atoms with Gasteiger partial charge in [0.2, 0.25) is 5.78 Å². The normalized spacial score (nSPS) is 16.5. The molecule has 0 fully saturated rings. The Bertz CT molecular complexity index is 439. The highest BCUT2D eigenvalue weighted by Crippen LogP contribution is 2.13. The van der Waals surface area contributed by atoms with E-state index in [0.717, 1.165) is 12.2 Å². The fraction of sp³-hybridized carbons (Fsp3) is 0.583. The van der Waals surface area contributed by atoms with Crippen molar-refractivity contribution in [1.29, 1.82) is 0 Å². The highest BCUT2D eigenvalue weighted by Gasteiger charge is 2.28. The van der Waals surface area contributed by atoms with Gasteiger partial charge in [-0.2, -0.15) is 0 Å². The van der Waals surface area contributed by atoms with E-state index in [4.69, 9.17) is 0 Å². The molecule has 2 heterocycles. The fourth-order valence-corrected chi connectivity index (χ4v) is 1.91. The van der Waals surface area contributed by atoms with Gasteiger partial charge >= 0.3 is 0 Å². The Balaban J connectivity index is 2.06. The van der Waals surface area contributed by atoms with E-state index in [1.165, 1.54) is 0 Å². The lowest BCUT2D eigenvalue weighted by molar-refractivity contribution is -0.147. The molecular formula is C12H17N3O2. The molecule has 17 heavy (non-hydrogen) atoms. The van der Waals surface area contributed by atoms with Gasteiger partial charge in [-0.25, -0.2) is 4.98 Å². The Morgan fingerprint density at radius 1 is 1.47 bits per heavy atom. The Kier molecular flexibility index (Phi) is 3.26. The minimum absolute atomic E-state index is 0.186. The molecule has 0 unspecified atom stereocenters. The molecule has 0 bridgehead atoms. The van der Waals surface area contributed by atoms with Crippen LogP contribution >= 0.6 is 0 Å². The maximum atomic E-state index is 12.0. The first kappa shape index (κ1) is 11.8. The molecule has 1 aromatic heterocycles. The minimum atomic E-state index is -0.355. The van der Waals surface area contributed by atoms with Gasteiger partial charge in [0.05, 0.1) is 18.6 Å². The molecule has 1 atom stereocenters. The van der Waals surface area contributed by atoms with Crippen molar-refractivity contribution in [3.05, 3.63) is 18.2 Å². The lowest BCUT2D eigenvalue weighted by atomic mass is 10.0. The summed E-state index contributed by atoms with van der Waals surface area (Å²) in [5.74, 6) is -0.818. The number of ketones is 1. The molecule has 0 radical (unpaired) electrons. The first-order valence-electron chi connectivity index (χ1n) is 5.95. The summed E-state index contributed by atoms with van der Waals surface area (Å²) in [5, 5.41) is 0. The first-order chi connectivity index (χ1) is 8.13. The van der Waals surface area contributed by atoms with Crippen LogP contribution in [0.4, 0.5) is 0 Å². The SMILES string of the molecule is CC[C@@H](C)C(=O)C(=O)N1CCn2cncc2C1. The number of nitrogens with zero attached hydrogens (tertiary/aromatic N) is 3. The standard InChI is InChI=1S/C12H17N3O2/c1-3-9(2)11(16)12(17)14-4-5-15-8-13-6-10(15)7-14/h6,8-9H,3-5,7H2,1-2H3/t9-/m1/s1. The molecule has 0 aliphatic carbocycles. The summed E-state index contributed by atoms with van der Waals surface area (Å²) < 4.78 is 2.01. The van der Waals surface area contributed by atoms with Gasteiger partial charge in [-0.15, -0.1) is 0 Å². The van der Waals surface area contributed by atoms with Crippen molar-refractivity contribution in [2.24, 2.45) is 5.92 Å². The maximum Gasteiger partial charge on any atom is 0.290 e. The fourth-order valence-electron chi connectivity index (χ4n) is 1.91. The lowest BCUT2D eigenvalue weighted by Gasteiger charge is -2.28. The number of hydrogen-bond donors (Lipinski definition) is 0. The van der Waals surface area contributed by atoms with Crippen molar-refractivity contribution in [1.82, 2.24) is 14.5 Å². The number of hydrogen-bond acceptors (Lipinski definition) is 3. The third-order valence-corrected chi connectivity index (χ3v) is 3.32. The lowest BCUT2D eigenvalue weighted by Crippen LogP contribution is -2.43. The van der Waals surface area contributed by atoms with Crippen LogP contribution in [-0.2, 0) is 22.7 Å². The van der Waals surface area contributed by atoms with E-state index in [2.05, 4.69) is 4.98 Å². The second-order valence-corrected chi connectivity index (χ2v) is 4.48. The van der Waals surface area contributed by atoms with Crippen molar-refractivity contribution in [2.75, 3.05) is 6.54 Å². The van der Waals surface area contributed by atoms with Crippen molar-refractivity contribution >= 4 is 11.7 Å². The van der Waals surface area contributed by atoms with E-state index in [1.807, 2.05) is 11.5 Å². The average molecular weight is 235 g/mol. The highest BCUT2D eigenvalue weighted by molar-refractivity contribution is 6.36. The van der Waals surface area contributed by atoms with Gasteiger partial charge in [-0.05, 0) is 6.42 Å². The number of carbonyl (C=O) groups is 2. The zero-order valence-corrected chi connectivity index (χ0v) is 10.2. The number of rotatable bonds is 3. The van der Waals surface area contributed by atoms with Crippen LogP contribution in [0, 0.1) is 5.92 Å². The van der Waals surface area contributed by atoms with E-state index in [1.54, 1.807) is 24.3 Å². The van der Waals surface area contributed by atoms with Gasteiger partial charge in [0, 0.05) is 25.2 Å². The zero-order chi connectivity index (χ0) is 12.4. The van der Waals surface area contributed by atoms with Crippen LogP contribution in [0.15, 0.2) is 12.5 Å². The number of amides is 1. The third kappa shape index (κ3) is 2.23. The molecule has 0 saturated carbocycles. The van der Waals surface area contributed by atoms with Gasteiger partial charge in [-0.1, -0.05) is 13.8 Å². The van der Waals surface area contributed by atoms with Crippen LogP contribution < -0.4 is 0 Å². The molecule has 0 N–H and O–H groups in total. The van der Waals surface area contributed by atoms with E-state index >= 15 is 0 Å². The molecule has 5 nitrogen and oxygen atoms in total. The van der Waals surface area contributed by atoms with Crippen LogP contribution in [0.5, 0.6) is 0 Å². The topological polar surface area (TPSA) is 55.2 Å². The molecular weight excluding hydrogens is 218 g/mol. The van der Waals surface area contributed by atoms with Gasteiger partial charge in [0.1, 0.15) is 0 Å². The summed E-state index contributed by atoms with van der Waals surface area (Å²) in [6.45, 7) is 5.51. The molecule has 92 valence electrons. The Hall–Kier alpha value is -1.65. The summed E-state index contributed by atoms with van der Waals surface area (Å²) in [6, 6.07) is 0. The van der Waals surface area contributed by atoms with Gasteiger partial charge in [-0.3, -0.25) is 9.59 Å². The first-order valence-corrected chi connectivity index (χ1v) is 5.95. The van der Waals surface area contributed by atoms with Crippen molar-refractivity contribution in [3.8, 4) is 0 Å². The summed E-state index contributed by atoms with van der Waals surface area (Å²) in [4.78, 5) is 29.4. The molecule has 0 aromatic carbocycles. The number of carbonyl (C=O) groups excluding carboxylic acids is 2. The van der Waals surface area contributed by atoms with Crippen molar-refractivity contribution < 1.29 is 9.59 Å². The van der Waals surface area contributed by atoms with Gasteiger partial charge in [0.15, 0.2) is 0 Å². The van der Waals surface area contributed by atoms with E-state index in [-0.39, 0.29) is 17.6 Å². The van der Waals surface area contributed by atoms with Crippen molar-refractivity contribution in [2.45, 2.75) is 33.4 Å². The molecule has 0 saturated heterocycles. The summed E-state index contributed by atoms with van der Waals surface area (Å²) in [5.41, 5.74) is 0.988. The van der Waals surface area contributed by atoms with E-state index in [9.17, 15) is 9.59 Å².